The van der Waals surface area contributed by atoms with Crippen LogP contribution in [0.3, 0.4) is 0 Å². The molecule has 0 saturated heterocycles. The summed E-state index contributed by atoms with van der Waals surface area (Å²) in [6.45, 7) is 7.80. The second kappa shape index (κ2) is 6.33. The van der Waals surface area contributed by atoms with Crippen molar-refractivity contribution in [3.8, 4) is 0 Å². The Kier molecular flexibility index (Phi) is 5.29. The van der Waals surface area contributed by atoms with E-state index in [1.807, 2.05) is 52.0 Å². The number of carboxylic acid groups (broad SMARTS) is 1. The predicted molar refractivity (Wildman–Crippen MR) is 79.1 cm³/mol. The Morgan fingerprint density at radius 2 is 1.63 bits per heavy atom. The van der Waals surface area contributed by atoms with Crippen LogP contribution in [0.2, 0.25) is 11.1 Å². The molecule has 0 aliphatic heterocycles. The summed E-state index contributed by atoms with van der Waals surface area (Å²) in [6, 6.07) is 7.43. The molecule has 0 aliphatic rings. The van der Waals surface area contributed by atoms with E-state index in [0.717, 1.165) is 10.8 Å². The Hall–Kier alpha value is -1.16. The highest BCUT2D eigenvalue weighted by molar-refractivity contribution is 6.88. The molecule has 0 aromatic heterocycles. The summed E-state index contributed by atoms with van der Waals surface area (Å²) in [4.78, 5) is 10.5. The first-order valence-corrected chi connectivity index (χ1v) is 8.81. The molecule has 0 unspecified atom stereocenters. The van der Waals surface area contributed by atoms with Gasteiger partial charge in [0.15, 0.2) is 0 Å². The average Bonchev–Trinajstić information content (AvgIpc) is 2.35. The van der Waals surface area contributed by atoms with Gasteiger partial charge in [0.1, 0.15) is 0 Å². The molecule has 0 aliphatic carbocycles. The highest BCUT2D eigenvalue weighted by atomic mass is 28.4. The lowest BCUT2D eigenvalue weighted by Gasteiger charge is -2.30. The molecule has 0 saturated carbocycles. The third-order valence-corrected chi connectivity index (χ3v) is 8.28. The standard InChI is InChI=1S/C15H23FO2Si/c1-11(2)19(16,12(3)4)14-8-5-13(6-9-14)7-10-15(17)18/h5-6,8-9,11-12H,7,10H2,1-4H3,(H,17,18). The third kappa shape index (κ3) is 3.66. The topological polar surface area (TPSA) is 37.3 Å². The van der Waals surface area contributed by atoms with Crippen LogP contribution in [0.1, 0.15) is 39.7 Å². The van der Waals surface area contributed by atoms with Crippen molar-refractivity contribution in [1.29, 1.82) is 0 Å². The number of benzene rings is 1. The normalized spacial score (nSPS) is 12.2. The van der Waals surface area contributed by atoms with Crippen molar-refractivity contribution in [3.05, 3.63) is 29.8 Å². The van der Waals surface area contributed by atoms with Gasteiger partial charge in [0.25, 0.3) is 8.41 Å². The van der Waals surface area contributed by atoms with Gasteiger partial charge < -0.3 is 9.21 Å². The highest BCUT2D eigenvalue weighted by Crippen LogP contribution is 2.33. The first-order valence-electron chi connectivity index (χ1n) is 6.78. The molecule has 1 aromatic carbocycles. The molecule has 0 amide bonds. The number of hydrogen-bond donors (Lipinski definition) is 1. The second-order valence-electron chi connectivity index (χ2n) is 5.67. The fourth-order valence-electron chi connectivity index (χ4n) is 2.51. The molecule has 19 heavy (non-hydrogen) atoms. The van der Waals surface area contributed by atoms with Gasteiger partial charge in [-0.15, -0.1) is 0 Å². The van der Waals surface area contributed by atoms with E-state index in [9.17, 15) is 4.79 Å². The summed E-state index contributed by atoms with van der Waals surface area (Å²) in [5.41, 5.74) is 1.03. The molecule has 0 fully saturated rings. The highest BCUT2D eigenvalue weighted by Gasteiger charge is 2.43. The van der Waals surface area contributed by atoms with Crippen molar-refractivity contribution in [2.75, 3.05) is 0 Å². The van der Waals surface area contributed by atoms with E-state index in [0.29, 0.717) is 6.42 Å². The van der Waals surface area contributed by atoms with E-state index < -0.39 is 14.4 Å². The third-order valence-electron chi connectivity index (χ3n) is 3.70. The van der Waals surface area contributed by atoms with E-state index >= 15 is 4.11 Å². The van der Waals surface area contributed by atoms with Gasteiger partial charge in [-0.1, -0.05) is 52.0 Å². The largest absolute Gasteiger partial charge is 0.481 e. The van der Waals surface area contributed by atoms with Crippen LogP contribution < -0.4 is 5.19 Å². The fraction of sp³-hybridized carbons (Fsp3) is 0.533. The zero-order valence-electron chi connectivity index (χ0n) is 12.1. The summed E-state index contributed by atoms with van der Waals surface area (Å²) in [5, 5.41) is 9.47. The Morgan fingerprint density at radius 1 is 1.16 bits per heavy atom. The molecule has 2 nitrogen and oxygen atoms in total. The number of aliphatic carboxylic acids is 1. The van der Waals surface area contributed by atoms with Gasteiger partial charge in [-0.2, -0.15) is 0 Å². The van der Waals surface area contributed by atoms with Gasteiger partial charge in [0, 0.05) is 6.42 Å². The molecule has 0 bridgehead atoms. The zero-order valence-corrected chi connectivity index (χ0v) is 13.1. The van der Waals surface area contributed by atoms with Gasteiger partial charge in [-0.3, -0.25) is 4.79 Å². The Balaban J connectivity index is 2.93. The smallest absolute Gasteiger partial charge is 0.303 e. The number of halogens is 1. The quantitative estimate of drug-likeness (QED) is 0.639. The van der Waals surface area contributed by atoms with Crippen molar-refractivity contribution >= 4 is 19.6 Å². The lowest BCUT2D eigenvalue weighted by atomic mass is 10.1. The van der Waals surface area contributed by atoms with Gasteiger partial charge in [0.2, 0.25) is 0 Å². The summed E-state index contributed by atoms with van der Waals surface area (Å²) in [5.74, 6) is -0.803. The Bertz CT molecular complexity index is 418. The molecule has 1 N–H and O–H groups in total. The number of aryl methyl sites for hydroxylation is 1. The lowest BCUT2D eigenvalue weighted by Crippen LogP contribution is -2.49. The number of carboxylic acids is 1. The van der Waals surface area contributed by atoms with Gasteiger partial charge in [0.05, 0.1) is 0 Å². The predicted octanol–water partition coefficient (Wildman–Crippen LogP) is 3.65. The van der Waals surface area contributed by atoms with Crippen molar-refractivity contribution in [2.24, 2.45) is 0 Å². The molecule has 0 radical (unpaired) electrons. The van der Waals surface area contributed by atoms with E-state index in [2.05, 4.69) is 0 Å². The maximum Gasteiger partial charge on any atom is 0.303 e. The molecule has 1 rings (SSSR count). The summed E-state index contributed by atoms with van der Waals surface area (Å²) in [7, 11) is -2.96. The Morgan fingerprint density at radius 3 is 2.00 bits per heavy atom. The molecule has 0 atom stereocenters. The van der Waals surface area contributed by atoms with Crippen LogP contribution in [0, 0.1) is 0 Å². The van der Waals surface area contributed by atoms with Crippen LogP contribution in [-0.4, -0.2) is 19.5 Å². The summed E-state index contributed by atoms with van der Waals surface area (Å²) >= 11 is 0. The van der Waals surface area contributed by atoms with Crippen molar-refractivity contribution in [2.45, 2.75) is 51.6 Å². The molecule has 4 heteroatoms. The fourth-order valence-corrected chi connectivity index (χ4v) is 5.86. The van der Waals surface area contributed by atoms with Crippen molar-refractivity contribution < 1.29 is 14.0 Å². The van der Waals surface area contributed by atoms with Gasteiger partial charge >= 0.3 is 5.97 Å². The minimum atomic E-state index is -2.96. The lowest BCUT2D eigenvalue weighted by molar-refractivity contribution is -0.136. The van der Waals surface area contributed by atoms with E-state index in [1.54, 1.807) is 0 Å². The minimum absolute atomic E-state index is 0.0392. The van der Waals surface area contributed by atoms with Crippen LogP contribution in [0.15, 0.2) is 24.3 Å². The zero-order chi connectivity index (χ0) is 14.6. The van der Waals surface area contributed by atoms with Crippen LogP contribution in [0.25, 0.3) is 0 Å². The number of carbonyl (C=O) groups is 1. The average molecular weight is 282 g/mol. The van der Waals surface area contributed by atoms with Gasteiger partial charge in [-0.25, -0.2) is 0 Å². The molecule has 0 spiro atoms. The molecular formula is C15H23FO2Si. The first kappa shape index (κ1) is 15.9. The second-order valence-corrected chi connectivity index (χ2v) is 10.1. The minimum Gasteiger partial charge on any atom is -0.481 e. The van der Waals surface area contributed by atoms with E-state index in [4.69, 9.17) is 5.11 Å². The van der Waals surface area contributed by atoms with E-state index in [-0.39, 0.29) is 17.5 Å². The van der Waals surface area contributed by atoms with Crippen molar-refractivity contribution in [1.82, 2.24) is 0 Å². The monoisotopic (exact) mass is 282 g/mol. The van der Waals surface area contributed by atoms with Crippen LogP contribution in [-0.2, 0) is 11.2 Å². The summed E-state index contributed by atoms with van der Waals surface area (Å²) < 4.78 is 15.3. The first-order chi connectivity index (χ1) is 8.78. The Labute approximate surface area is 115 Å². The van der Waals surface area contributed by atoms with Crippen molar-refractivity contribution in [3.63, 3.8) is 0 Å². The van der Waals surface area contributed by atoms with Gasteiger partial charge in [-0.05, 0) is 28.3 Å². The van der Waals surface area contributed by atoms with Crippen LogP contribution in [0.5, 0.6) is 0 Å². The molecular weight excluding hydrogens is 259 g/mol. The molecule has 1 aromatic rings. The molecule has 106 valence electrons. The van der Waals surface area contributed by atoms with E-state index in [1.165, 1.54) is 0 Å². The summed E-state index contributed by atoms with van der Waals surface area (Å²) in [6.07, 6.45) is 0.617. The van der Waals surface area contributed by atoms with Crippen LogP contribution >= 0.6 is 0 Å². The molecule has 0 heterocycles. The number of hydrogen-bond acceptors (Lipinski definition) is 1. The SMILES string of the molecule is CC(C)[Si](F)(c1ccc(CCC(=O)O)cc1)C(C)C. The van der Waals surface area contributed by atoms with Crippen LogP contribution in [0.4, 0.5) is 4.11 Å². The maximum atomic E-state index is 15.3. The number of rotatable bonds is 6. The maximum absolute atomic E-state index is 15.3.